The van der Waals surface area contributed by atoms with E-state index in [0.717, 1.165) is 5.92 Å². The van der Waals surface area contributed by atoms with Gasteiger partial charge in [-0.15, -0.1) is 22.2 Å². The maximum atomic E-state index is 6.21. The van der Waals surface area contributed by atoms with Gasteiger partial charge < -0.3 is 0 Å². The summed E-state index contributed by atoms with van der Waals surface area (Å²) in [5, 5.41) is 0. The summed E-state index contributed by atoms with van der Waals surface area (Å²) in [4.78, 5) is 0. The van der Waals surface area contributed by atoms with Crippen LogP contribution in [0.25, 0.3) is 0 Å². The van der Waals surface area contributed by atoms with Gasteiger partial charge in [0.2, 0.25) is 0 Å². The van der Waals surface area contributed by atoms with Crippen LogP contribution in [-0.4, -0.2) is 6.69 Å². The lowest BCUT2D eigenvalue weighted by atomic mass is 9.90. The van der Waals surface area contributed by atoms with Crippen molar-refractivity contribution >= 4 is 28.9 Å². The molecule has 1 saturated carbocycles. The molecule has 11 heavy (non-hydrogen) atoms. The van der Waals surface area contributed by atoms with Gasteiger partial charge in [-0.25, -0.2) is 0 Å². The fourth-order valence-corrected chi connectivity index (χ4v) is 5.89. The van der Waals surface area contributed by atoms with Crippen LogP contribution in [0.4, 0.5) is 0 Å². The van der Waals surface area contributed by atoms with Crippen LogP contribution < -0.4 is 0 Å². The molecule has 1 aliphatic rings. The third-order valence-electron chi connectivity index (χ3n) is 2.76. The zero-order chi connectivity index (χ0) is 8.48. The number of halogens is 2. The molecule has 2 atom stereocenters. The predicted molar refractivity (Wildman–Crippen MR) is 54.7 cm³/mol. The van der Waals surface area contributed by atoms with Gasteiger partial charge in [-0.2, -0.15) is 0 Å². The highest BCUT2D eigenvalue weighted by Gasteiger charge is 2.37. The number of hydrogen-bond acceptors (Lipinski definition) is 0. The highest BCUT2D eigenvalue weighted by Crippen LogP contribution is 2.44. The quantitative estimate of drug-likeness (QED) is 0.452. The second kappa shape index (κ2) is 3.67. The van der Waals surface area contributed by atoms with Crippen molar-refractivity contribution in [2.75, 3.05) is 0 Å². The van der Waals surface area contributed by atoms with Crippen LogP contribution in [0.2, 0.25) is 12.1 Å². The van der Waals surface area contributed by atoms with E-state index in [4.69, 9.17) is 22.2 Å². The third kappa shape index (κ3) is 2.64. The molecule has 1 fully saturated rings. The highest BCUT2D eigenvalue weighted by molar-refractivity contribution is 7.45. The first-order valence-electron chi connectivity index (χ1n) is 4.39. The Bertz CT molecular complexity index is 131. The van der Waals surface area contributed by atoms with Gasteiger partial charge in [0, 0.05) is 0 Å². The largest absolute Gasteiger partial charge is 0.251 e. The fraction of sp³-hybridized carbons (Fsp3) is 1.00. The topological polar surface area (TPSA) is 0 Å². The van der Waals surface area contributed by atoms with E-state index < -0.39 is 6.69 Å². The van der Waals surface area contributed by atoms with Crippen molar-refractivity contribution in [2.45, 2.75) is 44.7 Å². The van der Waals surface area contributed by atoms with Crippen molar-refractivity contribution in [1.29, 1.82) is 0 Å². The molecule has 0 aromatic rings. The van der Waals surface area contributed by atoms with Gasteiger partial charge in [0.15, 0.2) is 0 Å². The number of hydrogen-bond donors (Lipinski definition) is 0. The van der Waals surface area contributed by atoms with Crippen LogP contribution in [0.5, 0.6) is 0 Å². The molecule has 3 heteroatoms. The second-order valence-electron chi connectivity index (χ2n) is 3.82. The third-order valence-corrected chi connectivity index (χ3v) is 6.60. The molecule has 0 saturated heterocycles. The molecule has 0 N–H and O–H groups in total. The SMILES string of the molecule is CC1CCCCC1[Si](C)(Cl)Cl. The Morgan fingerprint density at radius 3 is 2.09 bits per heavy atom. The second-order valence-corrected chi connectivity index (χ2v) is 11.8. The first-order valence-corrected chi connectivity index (χ1v) is 8.99. The minimum absolute atomic E-state index is 0.639. The molecule has 2 unspecified atom stereocenters. The Kier molecular flexibility index (Phi) is 3.30. The van der Waals surface area contributed by atoms with E-state index in [-0.39, 0.29) is 0 Å². The Hall–Kier alpha value is 0.797. The van der Waals surface area contributed by atoms with Gasteiger partial charge in [0.05, 0.1) is 0 Å². The first-order chi connectivity index (χ1) is 5.02. The molecule has 0 aliphatic heterocycles. The normalized spacial score (nSPS) is 33.8. The zero-order valence-electron chi connectivity index (χ0n) is 7.24. The number of rotatable bonds is 1. The summed E-state index contributed by atoms with van der Waals surface area (Å²) >= 11 is 12.4. The molecule has 0 heterocycles. The van der Waals surface area contributed by atoms with Crippen LogP contribution in [0.1, 0.15) is 32.6 Å². The lowest BCUT2D eigenvalue weighted by molar-refractivity contribution is 0.380. The van der Waals surface area contributed by atoms with Crippen molar-refractivity contribution in [3.05, 3.63) is 0 Å². The minimum atomic E-state index is -1.88. The zero-order valence-corrected chi connectivity index (χ0v) is 9.75. The molecule has 0 aromatic heterocycles. The van der Waals surface area contributed by atoms with E-state index in [1.165, 1.54) is 25.7 Å². The Balaban J connectivity index is 2.55. The standard InChI is InChI=1S/C8H16Cl2Si/c1-7-5-3-4-6-8(7)11(2,9)10/h7-8H,3-6H2,1-2H3. The Labute approximate surface area is 79.7 Å². The maximum absolute atomic E-state index is 6.21. The highest BCUT2D eigenvalue weighted by atomic mass is 35.7. The average molecular weight is 211 g/mol. The van der Waals surface area contributed by atoms with E-state index in [1.54, 1.807) is 0 Å². The van der Waals surface area contributed by atoms with Crippen molar-refractivity contribution in [3.8, 4) is 0 Å². The smallest absolute Gasteiger partial charge is 0.146 e. The minimum Gasteiger partial charge on any atom is -0.146 e. The molecule has 66 valence electrons. The fourth-order valence-electron chi connectivity index (χ4n) is 2.07. The Morgan fingerprint density at radius 2 is 1.73 bits per heavy atom. The van der Waals surface area contributed by atoms with Gasteiger partial charge >= 0.3 is 0 Å². The Morgan fingerprint density at radius 1 is 1.18 bits per heavy atom. The van der Waals surface area contributed by atoms with Gasteiger partial charge in [-0.3, -0.25) is 0 Å². The summed E-state index contributed by atoms with van der Waals surface area (Å²) in [5.41, 5.74) is 0.639. The summed E-state index contributed by atoms with van der Waals surface area (Å²) in [6, 6.07) is 0. The van der Waals surface area contributed by atoms with Crippen LogP contribution >= 0.6 is 22.2 Å². The van der Waals surface area contributed by atoms with Crippen molar-refractivity contribution in [1.82, 2.24) is 0 Å². The van der Waals surface area contributed by atoms with Crippen molar-refractivity contribution in [2.24, 2.45) is 5.92 Å². The van der Waals surface area contributed by atoms with Gasteiger partial charge in [-0.05, 0) is 18.0 Å². The summed E-state index contributed by atoms with van der Waals surface area (Å²) in [5.74, 6) is 0.760. The van der Waals surface area contributed by atoms with E-state index in [1.807, 2.05) is 0 Å². The molecule has 0 radical (unpaired) electrons. The molecule has 0 amide bonds. The van der Waals surface area contributed by atoms with Gasteiger partial charge in [0.1, 0.15) is 0 Å². The van der Waals surface area contributed by atoms with Crippen LogP contribution in [0.3, 0.4) is 0 Å². The molecule has 0 nitrogen and oxygen atoms in total. The molecule has 0 spiro atoms. The molecule has 1 aliphatic carbocycles. The van der Waals surface area contributed by atoms with E-state index in [9.17, 15) is 0 Å². The monoisotopic (exact) mass is 210 g/mol. The summed E-state index contributed by atoms with van der Waals surface area (Å²) in [7, 11) is 0. The van der Waals surface area contributed by atoms with Gasteiger partial charge in [-0.1, -0.05) is 32.6 Å². The lowest BCUT2D eigenvalue weighted by Gasteiger charge is -2.33. The molecule has 0 aromatic carbocycles. The van der Waals surface area contributed by atoms with E-state index in [0.29, 0.717) is 5.54 Å². The van der Waals surface area contributed by atoms with Crippen molar-refractivity contribution in [3.63, 3.8) is 0 Å². The van der Waals surface area contributed by atoms with Crippen LogP contribution in [0, 0.1) is 5.92 Å². The summed E-state index contributed by atoms with van der Waals surface area (Å²) in [6.45, 7) is 2.47. The average Bonchev–Trinajstić information content (AvgIpc) is 1.86. The first kappa shape index (κ1) is 9.88. The van der Waals surface area contributed by atoms with Crippen molar-refractivity contribution < 1.29 is 0 Å². The molecule has 1 rings (SSSR count). The summed E-state index contributed by atoms with van der Waals surface area (Å²) < 4.78 is 0. The lowest BCUT2D eigenvalue weighted by Crippen LogP contribution is -2.29. The van der Waals surface area contributed by atoms with E-state index in [2.05, 4.69) is 13.5 Å². The van der Waals surface area contributed by atoms with Crippen LogP contribution in [0.15, 0.2) is 0 Å². The van der Waals surface area contributed by atoms with Crippen LogP contribution in [-0.2, 0) is 0 Å². The molecular formula is C8H16Cl2Si. The summed E-state index contributed by atoms with van der Waals surface area (Å²) in [6.07, 6.45) is 5.29. The molecule has 0 bridgehead atoms. The van der Waals surface area contributed by atoms with E-state index >= 15 is 0 Å². The molecular weight excluding hydrogens is 195 g/mol. The van der Waals surface area contributed by atoms with Gasteiger partial charge in [0.25, 0.3) is 6.69 Å². The predicted octanol–water partition coefficient (Wildman–Crippen LogP) is 4.12. The maximum Gasteiger partial charge on any atom is 0.251 e.